The van der Waals surface area contributed by atoms with Crippen LogP contribution in [-0.4, -0.2) is 22.0 Å². The molecule has 1 aliphatic rings. The molecule has 1 aliphatic carbocycles. The summed E-state index contributed by atoms with van der Waals surface area (Å²) in [4.78, 5) is 24.4. The number of nitrogens with zero attached hydrogens (tertiary/aromatic N) is 1. The molecule has 3 aromatic rings. The van der Waals surface area contributed by atoms with Crippen molar-refractivity contribution in [2.45, 2.75) is 32.1 Å². The Morgan fingerprint density at radius 1 is 0.929 bits per heavy atom. The van der Waals surface area contributed by atoms with Crippen molar-refractivity contribution in [1.29, 1.82) is 0 Å². The van der Waals surface area contributed by atoms with Crippen LogP contribution in [0.25, 0.3) is 11.3 Å². The zero-order chi connectivity index (χ0) is 19.3. The molecule has 2 amide bonds. The number of amides is 2. The molecule has 28 heavy (non-hydrogen) atoms. The maximum Gasteiger partial charge on any atom is 0.287 e. The number of hydrazine groups is 1. The molecule has 0 fully saturated rings. The van der Waals surface area contributed by atoms with Gasteiger partial charge in [0.25, 0.3) is 5.91 Å². The fourth-order valence-corrected chi connectivity index (χ4v) is 3.51. The number of aromatic nitrogens is 2. The van der Waals surface area contributed by atoms with Gasteiger partial charge >= 0.3 is 0 Å². The monoisotopic (exact) mass is 374 g/mol. The van der Waals surface area contributed by atoms with E-state index in [1.165, 1.54) is 24.0 Å². The van der Waals surface area contributed by atoms with Crippen molar-refractivity contribution >= 4 is 11.8 Å². The molecule has 0 unspecified atom stereocenters. The van der Waals surface area contributed by atoms with Gasteiger partial charge < -0.3 is 0 Å². The van der Waals surface area contributed by atoms with E-state index in [0.29, 0.717) is 5.69 Å². The maximum absolute atomic E-state index is 12.2. The van der Waals surface area contributed by atoms with Crippen LogP contribution in [0.2, 0.25) is 0 Å². The Kier molecular flexibility index (Phi) is 5.19. The number of aromatic amines is 1. The van der Waals surface area contributed by atoms with Gasteiger partial charge in [0.05, 0.1) is 12.1 Å². The van der Waals surface area contributed by atoms with E-state index < -0.39 is 5.91 Å². The summed E-state index contributed by atoms with van der Waals surface area (Å²) in [6.07, 6.45) is 4.86. The average molecular weight is 374 g/mol. The predicted octanol–water partition coefficient (Wildman–Crippen LogP) is 2.96. The highest BCUT2D eigenvalue weighted by Crippen LogP contribution is 2.22. The lowest BCUT2D eigenvalue weighted by Crippen LogP contribution is -2.42. The van der Waals surface area contributed by atoms with Gasteiger partial charge in [-0.15, -0.1) is 0 Å². The Balaban J connectivity index is 1.32. The van der Waals surface area contributed by atoms with E-state index in [0.717, 1.165) is 24.0 Å². The average Bonchev–Trinajstić information content (AvgIpc) is 3.23. The second-order valence-corrected chi connectivity index (χ2v) is 7.02. The quantitative estimate of drug-likeness (QED) is 0.614. The Bertz CT molecular complexity index is 995. The van der Waals surface area contributed by atoms with Gasteiger partial charge in [0, 0.05) is 5.56 Å². The van der Waals surface area contributed by atoms with Gasteiger partial charge in [-0.1, -0.05) is 48.5 Å². The summed E-state index contributed by atoms with van der Waals surface area (Å²) in [7, 11) is 0. The van der Waals surface area contributed by atoms with Gasteiger partial charge in [-0.25, -0.2) is 0 Å². The van der Waals surface area contributed by atoms with E-state index in [1.807, 2.05) is 36.4 Å². The van der Waals surface area contributed by atoms with Crippen LogP contribution in [0.1, 0.15) is 40.0 Å². The van der Waals surface area contributed by atoms with Crippen molar-refractivity contribution < 1.29 is 9.59 Å². The van der Waals surface area contributed by atoms with Gasteiger partial charge in [-0.05, 0) is 48.4 Å². The number of fused-ring (bicyclic) bond motifs is 1. The minimum Gasteiger partial charge on any atom is -0.273 e. The Labute approximate surface area is 163 Å². The first-order valence-electron chi connectivity index (χ1n) is 9.50. The second-order valence-electron chi connectivity index (χ2n) is 7.02. The first-order valence-corrected chi connectivity index (χ1v) is 9.50. The summed E-state index contributed by atoms with van der Waals surface area (Å²) >= 11 is 0. The van der Waals surface area contributed by atoms with E-state index >= 15 is 0 Å². The van der Waals surface area contributed by atoms with Crippen molar-refractivity contribution in [2.75, 3.05) is 0 Å². The van der Waals surface area contributed by atoms with Crippen molar-refractivity contribution in [3.63, 3.8) is 0 Å². The van der Waals surface area contributed by atoms with E-state index in [4.69, 9.17) is 0 Å². The molecule has 1 heterocycles. The third kappa shape index (κ3) is 4.11. The minimum absolute atomic E-state index is 0.228. The number of rotatable bonds is 4. The molecule has 0 spiro atoms. The Hall–Kier alpha value is -3.41. The van der Waals surface area contributed by atoms with Crippen LogP contribution >= 0.6 is 0 Å². The summed E-state index contributed by atoms with van der Waals surface area (Å²) < 4.78 is 0. The van der Waals surface area contributed by atoms with Crippen LogP contribution in [0.5, 0.6) is 0 Å². The van der Waals surface area contributed by atoms with Crippen LogP contribution in [0.3, 0.4) is 0 Å². The predicted molar refractivity (Wildman–Crippen MR) is 106 cm³/mol. The highest BCUT2D eigenvalue weighted by Gasteiger charge is 2.14. The molecule has 0 radical (unpaired) electrons. The number of carbonyl (C=O) groups excluding carboxylic acids is 2. The van der Waals surface area contributed by atoms with Crippen LogP contribution < -0.4 is 10.9 Å². The lowest BCUT2D eigenvalue weighted by atomic mass is 9.90. The molecule has 3 N–H and O–H groups in total. The number of aryl methyl sites for hydroxylation is 2. The highest BCUT2D eigenvalue weighted by atomic mass is 16.2. The van der Waals surface area contributed by atoms with Gasteiger partial charge in [0.15, 0.2) is 0 Å². The molecule has 2 aromatic carbocycles. The number of carbonyl (C=O) groups is 2. The third-order valence-electron chi connectivity index (χ3n) is 4.99. The lowest BCUT2D eigenvalue weighted by molar-refractivity contribution is -0.121. The molecule has 0 aliphatic heterocycles. The molecule has 6 heteroatoms. The second kappa shape index (κ2) is 8.08. The summed E-state index contributed by atoms with van der Waals surface area (Å²) in [5, 5.41) is 6.84. The molecule has 0 saturated heterocycles. The zero-order valence-corrected chi connectivity index (χ0v) is 15.5. The molecule has 0 bridgehead atoms. The van der Waals surface area contributed by atoms with Gasteiger partial charge in [-0.2, -0.15) is 5.10 Å². The van der Waals surface area contributed by atoms with Gasteiger partial charge in [0.1, 0.15) is 5.69 Å². The number of hydrogen-bond donors (Lipinski definition) is 3. The standard InChI is InChI=1S/C22H22N4O2/c27-21(13-15-10-11-16-6-4-5-9-18(16)12-15)25-26-22(28)20-14-19(23-24-20)17-7-2-1-3-8-17/h1-3,7-8,10-12,14H,4-6,9,13H2,(H,23,24)(H,25,27)(H,26,28). The van der Waals surface area contributed by atoms with Crippen molar-refractivity contribution in [1.82, 2.24) is 21.0 Å². The SMILES string of the molecule is O=C(Cc1ccc2c(c1)CCCC2)NNC(=O)c1cc(-c2ccccc2)n[nH]1. The normalized spacial score (nSPS) is 12.9. The summed E-state index contributed by atoms with van der Waals surface area (Å²) in [6.45, 7) is 0. The topological polar surface area (TPSA) is 86.9 Å². The minimum atomic E-state index is -0.437. The summed E-state index contributed by atoms with van der Waals surface area (Å²) in [5.41, 5.74) is 10.5. The number of nitrogens with one attached hydrogen (secondary N) is 3. The fraction of sp³-hybridized carbons (Fsp3) is 0.227. The van der Waals surface area contributed by atoms with Gasteiger partial charge in [-0.3, -0.25) is 25.5 Å². The molecule has 6 nitrogen and oxygen atoms in total. The highest BCUT2D eigenvalue weighted by molar-refractivity contribution is 5.94. The van der Waals surface area contributed by atoms with Crippen molar-refractivity contribution in [2.24, 2.45) is 0 Å². The number of hydrogen-bond acceptors (Lipinski definition) is 3. The largest absolute Gasteiger partial charge is 0.287 e. The van der Waals surface area contributed by atoms with Crippen LogP contribution in [0.15, 0.2) is 54.6 Å². The fourth-order valence-electron chi connectivity index (χ4n) is 3.51. The van der Waals surface area contributed by atoms with Crippen LogP contribution in [0, 0.1) is 0 Å². The van der Waals surface area contributed by atoms with E-state index in [9.17, 15) is 9.59 Å². The van der Waals surface area contributed by atoms with Crippen LogP contribution in [-0.2, 0) is 24.1 Å². The first kappa shape index (κ1) is 18.0. The van der Waals surface area contributed by atoms with Crippen molar-refractivity contribution in [3.05, 3.63) is 77.0 Å². The van der Waals surface area contributed by atoms with Crippen LogP contribution in [0.4, 0.5) is 0 Å². The zero-order valence-electron chi connectivity index (χ0n) is 15.5. The van der Waals surface area contributed by atoms with E-state index in [1.54, 1.807) is 6.07 Å². The third-order valence-corrected chi connectivity index (χ3v) is 4.99. The number of benzene rings is 2. The molecular formula is C22H22N4O2. The van der Waals surface area contributed by atoms with Gasteiger partial charge in [0.2, 0.25) is 5.91 Å². The molecule has 142 valence electrons. The molecule has 0 atom stereocenters. The summed E-state index contributed by atoms with van der Waals surface area (Å²) in [5.74, 6) is -0.694. The smallest absolute Gasteiger partial charge is 0.273 e. The summed E-state index contributed by atoms with van der Waals surface area (Å²) in [6, 6.07) is 17.4. The molecular weight excluding hydrogens is 352 g/mol. The van der Waals surface area contributed by atoms with Crippen molar-refractivity contribution in [3.8, 4) is 11.3 Å². The molecule has 0 saturated carbocycles. The maximum atomic E-state index is 12.2. The first-order chi connectivity index (χ1) is 13.7. The molecule has 4 rings (SSSR count). The number of H-pyrrole nitrogens is 1. The Morgan fingerprint density at radius 3 is 2.54 bits per heavy atom. The molecule has 1 aromatic heterocycles. The lowest BCUT2D eigenvalue weighted by Gasteiger charge is -2.16. The Morgan fingerprint density at radius 2 is 1.71 bits per heavy atom. The van der Waals surface area contributed by atoms with E-state index in [2.05, 4.69) is 33.2 Å². The van der Waals surface area contributed by atoms with E-state index in [-0.39, 0.29) is 18.0 Å².